The van der Waals surface area contributed by atoms with Crippen LogP contribution in [0, 0.1) is 0 Å². The summed E-state index contributed by atoms with van der Waals surface area (Å²) in [7, 11) is 0. The van der Waals surface area contributed by atoms with Crippen LogP contribution in [0.3, 0.4) is 0 Å². The van der Waals surface area contributed by atoms with E-state index in [9.17, 15) is 4.79 Å². The second kappa shape index (κ2) is 4.72. The van der Waals surface area contributed by atoms with Crippen molar-refractivity contribution in [3.63, 3.8) is 0 Å². The number of nitrogens with zero attached hydrogens (tertiary/aromatic N) is 2. The van der Waals surface area contributed by atoms with Gasteiger partial charge in [0.1, 0.15) is 6.33 Å². The van der Waals surface area contributed by atoms with Crippen LogP contribution in [0.1, 0.15) is 42.5 Å². The zero-order valence-corrected chi connectivity index (χ0v) is 10.9. The molecule has 0 atom stereocenters. The molecule has 4 heteroatoms. The van der Waals surface area contributed by atoms with E-state index >= 15 is 0 Å². The molecule has 0 unspecified atom stereocenters. The summed E-state index contributed by atoms with van der Waals surface area (Å²) in [5.41, 5.74) is 2.38. The number of H-pyrrole nitrogens is 1. The first-order chi connectivity index (χ1) is 8.47. The first kappa shape index (κ1) is 12.5. The SMILES string of the molecule is CC(C)(C)c1ccc(CC(=O)c2ncn[nH]2)cc1. The molecule has 0 aliphatic rings. The van der Waals surface area contributed by atoms with Gasteiger partial charge in [-0.3, -0.25) is 9.89 Å². The van der Waals surface area contributed by atoms with E-state index in [-0.39, 0.29) is 11.2 Å². The van der Waals surface area contributed by atoms with Crippen molar-refractivity contribution in [1.29, 1.82) is 0 Å². The van der Waals surface area contributed by atoms with Crippen molar-refractivity contribution in [1.82, 2.24) is 15.2 Å². The third-order valence-electron chi connectivity index (χ3n) is 2.86. The Morgan fingerprint density at radius 1 is 1.22 bits per heavy atom. The number of rotatable bonds is 3. The molecule has 1 aromatic heterocycles. The van der Waals surface area contributed by atoms with Crippen molar-refractivity contribution in [2.75, 3.05) is 0 Å². The van der Waals surface area contributed by atoms with E-state index < -0.39 is 0 Å². The van der Waals surface area contributed by atoms with E-state index in [4.69, 9.17) is 0 Å². The summed E-state index contributed by atoms with van der Waals surface area (Å²) in [5, 5.41) is 6.26. The predicted molar refractivity (Wildman–Crippen MR) is 69.6 cm³/mol. The summed E-state index contributed by atoms with van der Waals surface area (Å²) in [6, 6.07) is 8.13. The lowest BCUT2D eigenvalue weighted by molar-refractivity contribution is 0.0983. The van der Waals surface area contributed by atoms with E-state index in [0.717, 1.165) is 5.56 Å². The van der Waals surface area contributed by atoms with Crippen LogP contribution in [0.15, 0.2) is 30.6 Å². The predicted octanol–water partition coefficient (Wildman–Crippen LogP) is 2.53. The fourth-order valence-electron chi connectivity index (χ4n) is 1.73. The number of hydrogen-bond donors (Lipinski definition) is 1. The number of Topliss-reactive ketones (excluding diaryl/α,β-unsaturated/α-hetero) is 1. The Hall–Kier alpha value is -1.97. The molecule has 0 saturated carbocycles. The molecule has 0 bridgehead atoms. The number of ketones is 1. The van der Waals surface area contributed by atoms with Gasteiger partial charge in [-0.2, -0.15) is 5.10 Å². The van der Waals surface area contributed by atoms with Gasteiger partial charge in [0.15, 0.2) is 5.82 Å². The molecule has 0 fully saturated rings. The van der Waals surface area contributed by atoms with Crippen molar-refractivity contribution >= 4 is 5.78 Å². The molecule has 1 N–H and O–H groups in total. The van der Waals surface area contributed by atoms with Gasteiger partial charge >= 0.3 is 0 Å². The molecule has 0 aliphatic heterocycles. The zero-order valence-electron chi connectivity index (χ0n) is 10.9. The van der Waals surface area contributed by atoms with Crippen LogP contribution < -0.4 is 0 Å². The number of carbonyl (C=O) groups excluding carboxylic acids is 1. The minimum atomic E-state index is -0.0454. The van der Waals surface area contributed by atoms with E-state index in [1.807, 2.05) is 12.1 Å². The Labute approximate surface area is 106 Å². The molecule has 0 radical (unpaired) electrons. The normalized spacial score (nSPS) is 11.5. The van der Waals surface area contributed by atoms with Gasteiger partial charge in [-0.05, 0) is 16.5 Å². The summed E-state index contributed by atoms with van der Waals surface area (Å²) in [5.74, 6) is 0.269. The van der Waals surface area contributed by atoms with Gasteiger partial charge in [0.2, 0.25) is 5.78 Å². The standard InChI is InChI=1S/C14H17N3O/c1-14(2,3)11-6-4-10(5-7-11)8-12(18)13-15-9-16-17-13/h4-7,9H,8H2,1-3H3,(H,15,16,17). The van der Waals surface area contributed by atoms with Crippen LogP contribution >= 0.6 is 0 Å². The second-order valence-corrected chi connectivity index (χ2v) is 5.38. The third-order valence-corrected chi connectivity index (χ3v) is 2.86. The fraction of sp³-hybridized carbons (Fsp3) is 0.357. The molecule has 4 nitrogen and oxygen atoms in total. The molecule has 2 rings (SSSR count). The summed E-state index contributed by atoms with van der Waals surface area (Å²) in [6.45, 7) is 6.50. The van der Waals surface area contributed by atoms with Crippen LogP contribution in [0.2, 0.25) is 0 Å². The Morgan fingerprint density at radius 2 is 1.89 bits per heavy atom. The Balaban J connectivity index is 2.09. The lowest BCUT2D eigenvalue weighted by Gasteiger charge is -2.19. The third kappa shape index (κ3) is 2.83. The highest BCUT2D eigenvalue weighted by molar-refractivity contribution is 5.93. The van der Waals surface area contributed by atoms with Crippen LogP contribution in [0.4, 0.5) is 0 Å². The van der Waals surface area contributed by atoms with Crippen molar-refractivity contribution in [2.45, 2.75) is 32.6 Å². The quantitative estimate of drug-likeness (QED) is 0.843. The molecule has 0 amide bonds. The van der Waals surface area contributed by atoms with Crippen LogP contribution in [-0.4, -0.2) is 21.0 Å². The van der Waals surface area contributed by atoms with Crippen molar-refractivity contribution in [3.05, 3.63) is 47.5 Å². The zero-order chi connectivity index (χ0) is 13.2. The van der Waals surface area contributed by atoms with Crippen molar-refractivity contribution < 1.29 is 4.79 Å². The Bertz CT molecular complexity index is 521. The summed E-state index contributed by atoms with van der Waals surface area (Å²) >= 11 is 0. The fourth-order valence-corrected chi connectivity index (χ4v) is 1.73. The molecular formula is C14H17N3O. The number of carbonyl (C=O) groups is 1. The minimum absolute atomic E-state index is 0.0454. The maximum absolute atomic E-state index is 11.8. The maximum Gasteiger partial charge on any atom is 0.203 e. The monoisotopic (exact) mass is 243 g/mol. The number of benzene rings is 1. The second-order valence-electron chi connectivity index (χ2n) is 5.38. The molecule has 0 spiro atoms. The van der Waals surface area contributed by atoms with E-state index in [1.165, 1.54) is 11.9 Å². The highest BCUT2D eigenvalue weighted by atomic mass is 16.1. The molecule has 18 heavy (non-hydrogen) atoms. The maximum atomic E-state index is 11.8. The lowest BCUT2D eigenvalue weighted by Crippen LogP contribution is -2.11. The molecule has 94 valence electrons. The van der Waals surface area contributed by atoms with Gasteiger partial charge in [0.05, 0.1) is 0 Å². The Morgan fingerprint density at radius 3 is 2.39 bits per heavy atom. The van der Waals surface area contributed by atoms with Crippen molar-refractivity contribution in [2.24, 2.45) is 0 Å². The molecule has 1 heterocycles. The van der Waals surface area contributed by atoms with E-state index in [2.05, 4.69) is 48.1 Å². The molecule has 0 aliphatic carbocycles. The molecule has 2 aromatic rings. The summed E-state index contributed by atoms with van der Waals surface area (Å²) < 4.78 is 0. The van der Waals surface area contributed by atoms with E-state index in [0.29, 0.717) is 12.2 Å². The number of nitrogens with one attached hydrogen (secondary N) is 1. The number of aromatic amines is 1. The Kier molecular flexibility index (Phi) is 3.28. The van der Waals surface area contributed by atoms with Gasteiger partial charge in [-0.25, -0.2) is 4.98 Å². The van der Waals surface area contributed by atoms with E-state index in [1.54, 1.807) is 0 Å². The first-order valence-electron chi connectivity index (χ1n) is 5.95. The van der Waals surface area contributed by atoms with Gasteiger partial charge < -0.3 is 0 Å². The van der Waals surface area contributed by atoms with Crippen LogP contribution in [0.25, 0.3) is 0 Å². The minimum Gasteiger partial charge on any atom is -0.290 e. The van der Waals surface area contributed by atoms with Gasteiger partial charge in [-0.1, -0.05) is 45.0 Å². The van der Waals surface area contributed by atoms with Crippen molar-refractivity contribution in [3.8, 4) is 0 Å². The topological polar surface area (TPSA) is 58.6 Å². The number of aromatic nitrogens is 3. The number of hydrogen-bond acceptors (Lipinski definition) is 3. The first-order valence-corrected chi connectivity index (χ1v) is 5.95. The molecule has 1 aromatic carbocycles. The summed E-state index contributed by atoms with van der Waals surface area (Å²) in [4.78, 5) is 15.7. The highest BCUT2D eigenvalue weighted by Crippen LogP contribution is 2.22. The molecule has 0 saturated heterocycles. The molecular weight excluding hydrogens is 226 g/mol. The van der Waals surface area contributed by atoms with Crippen LogP contribution in [0.5, 0.6) is 0 Å². The lowest BCUT2D eigenvalue weighted by atomic mass is 9.86. The average Bonchev–Trinajstić information content (AvgIpc) is 2.82. The van der Waals surface area contributed by atoms with Gasteiger partial charge in [0.25, 0.3) is 0 Å². The van der Waals surface area contributed by atoms with Crippen LogP contribution in [-0.2, 0) is 11.8 Å². The van der Waals surface area contributed by atoms with Gasteiger partial charge in [-0.15, -0.1) is 0 Å². The smallest absolute Gasteiger partial charge is 0.203 e. The average molecular weight is 243 g/mol. The highest BCUT2D eigenvalue weighted by Gasteiger charge is 2.14. The largest absolute Gasteiger partial charge is 0.290 e. The van der Waals surface area contributed by atoms with Gasteiger partial charge in [0, 0.05) is 6.42 Å². The summed E-state index contributed by atoms with van der Waals surface area (Å²) in [6.07, 6.45) is 1.69.